The third-order valence-electron chi connectivity index (χ3n) is 2.96. The molecule has 98 valence electrons. The molecular weight excluding hydrogens is 254 g/mol. The van der Waals surface area contributed by atoms with Gasteiger partial charge in [0.2, 0.25) is 0 Å². The number of carbonyl (C=O) groups is 2. The van der Waals surface area contributed by atoms with Gasteiger partial charge in [-0.05, 0) is 19.9 Å². The number of carboxylic acids is 1. The molecule has 1 fully saturated rings. The third kappa shape index (κ3) is 2.10. The number of hydrogen-bond donors (Lipinski definition) is 1. The first-order valence-electron chi connectivity index (χ1n) is 5.59. The lowest BCUT2D eigenvalue weighted by Gasteiger charge is -2.24. The molecule has 0 aromatic carbocycles. The van der Waals surface area contributed by atoms with Gasteiger partial charge in [-0.2, -0.15) is 5.10 Å². The van der Waals surface area contributed by atoms with Gasteiger partial charge in [-0.15, -0.1) is 11.8 Å². The molecule has 1 aliphatic heterocycles. The Labute approximate surface area is 109 Å². The van der Waals surface area contributed by atoms with Crippen molar-refractivity contribution in [2.24, 2.45) is 7.05 Å². The van der Waals surface area contributed by atoms with Gasteiger partial charge in [0.15, 0.2) is 0 Å². The minimum absolute atomic E-state index is 0.131. The number of carboxylic acid groups (broad SMARTS) is 1. The number of aliphatic carboxylic acids is 1. The lowest BCUT2D eigenvalue weighted by atomic mass is 10.2. The van der Waals surface area contributed by atoms with Crippen LogP contribution < -0.4 is 0 Å². The van der Waals surface area contributed by atoms with E-state index in [1.54, 1.807) is 20.0 Å². The molecule has 2 atom stereocenters. The average molecular weight is 269 g/mol. The van der Waals surface area contributed by atoms with E-state index in [0.717, 1.165) is 5.69 Å². The number of carbonyl (C=O) groups excluding carboxylic acids is 1. The molecule has 0 spiro atoms. The topological polar surface area (TPSA) is 75.4 Å². The number of aromatic nitrogens is 2. The Morgan fingerprint density at radius 3 is 2.72 bits per heavy atom. The second-order valence-corrected chi connectivity index (χ2v) is 5.64. The molecule has 1 aromatic heterocycles. The van der Waals surface area contributed by atoms with Gasteiger partial charge in [0.05, 0.1) is 11.1 Å². The molecule has 1 amide bonds. The molecule has 1 aliphatic rings. The van der Waals surface area contributed by atoms with Gasteiger partial charge in [0.25, 0.3) is 5.91 Å². The summed E-state index contributed by atoms with van der Waals surface area (Å²) in [5, 5.41) is 13.1. The third-order valence-corrected chi connectivity index (χ3v) is 4.18. The first-order valence-corrected chi connectivity index (χ1v) is 6.64. The minimum atomic E-state index is -0.959. The maximum absolute atomic E-state index is 12.4. The molecule has 2 rings (SSSR count). The van der Waals surface area contributed by atoms with Crippen LogP contribution in [-0.2, 0) is 11.8 Å². The van der Waals surface area contributed by atoms with Gasteiger partial charge >= 0.3 is 5.97 Å². The molecule has 18 heavy (non-hydrogen) atoms. The predicted octanol–water partition coefficient (Wildman–Crippen LogP) is 0.717. The quantitative estimate of drug-likeness (QED) is 0.856. The number of rotatable bonds is 2. The Balaban J connectivity index is 2.32. The number of amides is 1. The Morgan fingerprint density at radius 1 is 1.56 bits per heavy atom. The van der Waals surface area contributed by atoms with E-state index in [0.29, 0.717) is 11.4 Å². The number of aryl methyl sites for hydroxylation is 2. The molecule has 2 heterocycles. The van der Waals surface area contributed by atoms with Gasteiger partial charge < -0.3 is 10.0 Å². The summed E-state index contributed by atoms with van der Waals surface area (Å²) in [4.78, 5) is 25.0. The lowest BCUT2D eigenvalue weighted by molar-refractivity contribution is -0.141. The molecule has 0 bridgehead atoms. The van der Waals surface area contributed by atoms with Crippen LogP contribution in [-0.4, -0.2) is 48.8 Å². The second kappa shape index (κ2) is 4.64. The highest BCUT2D eigenvalue weighted by Gasteiger charge is 2.40. The van der Waals surface area contributed by atoms with Crippen molar-refractivity contribution in [1.29, 1.82) is 0 Å². The van der Waals surface area contributed by atoms with Gasteiger partial charge in [-0.1, -0.05) is 0 Å². The smallest absolute Gasteiger partial charge is 0.327 e. The van der Waals surface area contributed by atoms with Crippen molar-refractivity contribution in [3.8, 4) is 0 Å². The van der Waals surface area contributed by atoms with Gasteiger partial charge in [0.1, 0.15) is 11.7 Å². The van der Waals surface area contributed by atoms with E-state index in [2.05, 4.69) is 5.10 Å². The van der Waals surface area contributed by atoms with Crippen molar-refractivity contribution in [2.45, 2.75) is 25.3 Å². The molecule has 1 N–H and O–H groups in total. The fourth-order valence-corrected chi connectivity index (χ4v) is 3.25. The maximum Gasteiger partial charge on any atom is 0.327 e. The Bertz CT molecular complexity index is 500. The summed E-state index contributed by atoms with van der Waals surface area (Å²) in [5.41, 5.74) is 1.17. The summed E-state index contributed by atoms with van der Waals surface area (Å²) >= 11 is 1.47. The van der Waals surface area contributed by atoms with Gasteiger partial charge in [-0.25, -0.2) is 4.79 Å². The summed E-state index contributed by atoms with van der Waals surface area (Å²) in [6.45, 7) is 3.64. The standard InChI is InChI=1S/C11H15N3O3S/c1-6-4-8(13(3)12-6)10(15)14-7(2)18-5-9(14)11(16)17/h4,7,9H,5H2,1-3H3,(H,16,17). The van der Waals surface area contributed by atoms with Crippen LogP contribution >= 0.6 is 11.8 Å². The molecular formula is C11H15N3O3S. The van der Waals surface area contributed by atoms with Crippen LogP contribution in [0.25, 0.3) is 0 Å². The molecule has 7 heteroatoms. The monoisotopic (exact) mass is 269 g/mol. The summed E-state index contributed by atoms with van der Waals surface area (Å²) < 4.78 is 1.49. The van der Waals surface area contributed by atoms with E-state index >= 15 is 0 Å². The number of thioether (sulfide) groups is 1. The van der Waals surface area contributed by atoms with Crippen LogP contribution in [0.2, 0.25) is 0 Å². The highest BCUT2D eigenvalue weighted by molar-refractivity contribution is 8.00. The van der Waals surface area contributed by atoms with Gasteiger partial charge in [0, 0.05) is 12.8 Å². The van der Waals surface area contributed by atoms with E-state index in [1.165, 1.54) is 21.3 Å². The van der Waals surface area contributed by atoms with E-state index in [4.69, 9.17) is 5.11 Å². The second-order valence-electron chi connectivity index (χ2n) is 4.29. The summed E-state index contributed by atoms with van der Waals surface area (Å²) in [6, 6.07) is 0.921. The zero-order valence-electron chi connectivity index (χ0n) is 10.5. The summed E-state index contributed by atoms with van der Waals surface area (Å²) in [7, 11) is 1.68. The maximum atomic E-state index is 12.4. The van der Waals surface area contributed by atoms with Crippen LogP contribution in [0.3, 0.4) is 0 Å². The highest BCUT2D eigenvalue weighted by Crippen LogP contribution is 2.30. The molecule has 0 aliphatic carbocycles. The van der Waals surface area contributed by atoms with E-state index in [9.17, 15) is 9.59 Å². The van der Waals surface area contributed by atoms with Crippen molar-refractivity contribution < 1.29 is 14.7 Å². The molecule has 0 saturated carbocycles. The fraction of sp³-hybridized carbons (Fsp3) is 0.545. The number of hydrogen-bond acceptors (Lipinski definition) is 4. The Hall–Kier alpha value is -1.50. The predicted molar refractivity (Wildman–Crippen MR) is 67.5 cm³/mol. The van der Waals surface area contributed by atoms with Crippen LogP contribution in [0.5, 0.6) is 0 Å². The molecule has 1 aromatic rings. The van der Waals surface area contributed by atoms with Crippen molar-refractivity contribution in [1.82, 2.24) is 14.7 Å². The molecule has 2 unspecified atom stereocenters. The van der Waals surface area contributed by atoms with Crippen molar-refractivity contribution in [3.63, 3.8) is 0 Å². The lowest BCUT2D eigenvalue weighted by Crippen LogP contribution is -2.45. The van der Waals surface area contributed by atoms with Crippen LogP contribution in [0, 0.1) is 6.92 Å². The SMILES string of the molecule is Cc1cc(C(=O)N2C(C)SCC2C(=O)O)n(C)n1. The van der Waals surface area contributed by atoms with Crippen molar-refractivity contribution >= 4 is 23.6 Å². The van der Waals surface area contributed by atoms with Gasteiger partial charge in [-0.3, -0.25) is 9.48 Å². The van der Waals surface area contributed by atoms with Crippen LogP contribution in [0.15, 0.2) is 6.07 Å². The molecule has 6 nitrogen and oxygen atoms in total. The largest absolute Gasteiger partial charge is 0.480 e. The zero-order valence-corrected chi connectivity index (χ0v) is 11.3. The van der Waals surface area contributed by atoms with Crippen LogP contribution in [0.4, 0.5) is 0 Å². The van der Waals surface area contributed by atoms with Crippen molar-refractivity contribution in [2.75, 3.05) is 5.75 Å². The first kappa shape index (κ1) is 12.9. The summed E-state index contributed by atoms with van der Waals surface area (Å²) in [5.74, 6) is -0.805. The van der Waals surface area contributed by atoms with Crippen LogP contribution in [0.1, 0.15) is 23.1 Å². The van der Waals surface area contributed by atoms with E-state index in [1.807, 2.05) is 6.92 Å². The van der Waals surface area contributed by atoms with E-state index in [-0.39, 0.29) is 11.3 Å². The highest BCUT2D eigenvalue weighted by atomic mass is 32.2. The van der Waals surface area contributed by atoms with Crippen molar-refractivity contribution in [3.05, 3.63) is 17.5 Å². The number of nitrogens with zero attached hydrogens (tertiary/aromatic N) is 3. The Kier molecular flexibility index (Phi) is 3.34. The Morgan fingerprint density at radius 2 is 2.22 bits per heavy atom. The average Bonchev–Trinajstić information content (AvgIpc) is 2.81. The fourth-order valence-electron chi connectivity index (χ4n) is 2.08. The zero-order chi connectivity index (χ0) is 13.4. The molecule has 0 radical (unpaired) electrons. The molecule has 1 saturated heterocycles. The first-order chi connectivity index (χ1) is 8.41. The summed E-state index contributed by atoms with van der Waals surface area (Å²) in [6.07, 6.45) is 0. The minimum Gasteiger partial charge on any atom is -0.480 e. The van der Waals surface area contributed by atoms with E-state index < -0.39 is 12.0 Å². The normalized spacial score (nSPS) is 23.4.